The van der Waals surface area contributed by atoms with Crippen molar-refractivity contribution in [1.82, 2.24) is 5.32 Å². The van der Waals surface area contributed by atoms with Gasteiger partial charge in [-0.3, -0.25) is 4.79 Å². The van der Waals surface area contributed by atoms with Crippen LogP contribution in [0.1, 0.15) is 22.0 Å². The summed E-state index contributed by atoms with van der Waals surface area (Å²) in [7, 11) is 0. The van der Waals surface area contributed by atoms with E-state index in [9.17, 15) is 20.1 Å². The van der Waals surface area contributed by atoms with E-state index in [4.69, 9.17) is 0 Å². The van der Waals surface area contributed by atoms with Crippen LogP contribution < -0.4 is 5.32 Å². The highest BCUT2D eigenvalue weighted by atomic mass is 16.3. The molecule has 1 atom stereocenters. The Bertz CT molecular complexity index is 598. The molecule has 0 heterocycles. The Morgan fingerprint density at radius 2 is 1.75 bits per heavy atom. The van der Waals surface area contributed by atoms with Crippen molar-refractivity contribution in [2.24, 2.45) is 0 Å². The summed E-state index contributed by atoms with van der Waals surface area (Å²) in [6.45, 7) is -0.236. The molecule has 4 N–H and O–H groups in total. The molecule has 0 aliphatic heterocycles. The third-order valence-electron chi connectivity index (χ3n) is 2.93. The van der Waals surface area contributed by atoms with E-state index >= 15 is 0 Å². The standard InChI is InChI=1S/C15H15NO4/c17-9-12(10-4-2-1-3-5-10)16-15(20)11-6-7-13(18)14(19)8-11/h1-8,12,17-19H,9H2,(H,16,20)/t12-/m0/s1. The predicted octanol–water partition coefficient (Wildman–Crippen LogP) is 1.56. The van der Waals surface area contributed by atoms with Crippen LogP contribution >= 0.6 is 0 Å². The molecule has 104 valence electrons. The normalized spacial score (nSPS) is 11.8. The Kier molecular flexibility index (Phi) is 4.22. The van der Waals surface area contributed by atoms with Crippen molar-refractivity contribution in [3.8, 4) is 11.5 Å². The summed E-state index contributed by atoms with van der Waals surface area (Å²) in [4.78, 5) is 12.0. The summed E-state index contributed by atoms with van der Waals surface area (Å²) in [5, 5.41) is 30.6. The minimum Gasteiger partial charge on any atom is -0.504 e. The monoisotopic (exact) mass is 273 g/mol. The molecule has 2 rings (SSSR count). The average Bonchev–Trinajstić information content (AvgIpc) is 2.48. The number of phenolic OH excluding ortho intramolecular Hbond substituents is 2. The van der Waals surface area contributed by atoms with Gasteiger partial charge in [0.1, 0.15) is 0 Å². The van der Waals surface area contributed by atoms with Gasteiger partial charge in [0.2, 0.25) is 0 Å². The maximum Gasteiger partial charge on any atom is 0.251 e. The van der Waals surface area contributed by atoms with Gasteiger partial charge in [0, 0.05) is 5.56 Å². The number of amides is 1. The summed E-state index contributed by atoms with van der Waals surface area (Å²) in [6, 6.07) is 12.4. The largest absolute Gasteiger partial charge is 0.504 e. The highest BCUT2D eigenvalue weighted by Gasteiger charge is 2.15. The van der Waals surface area contributed by atoms with Crippen LogP contribution in [0.4, 0.5) is 0 Å². The number of hydrogen-bond acceptors (Lipinski definition) is 4. The minimum atomic E-state index is -0.528. The summed E-state index contributed by atoms with van der Waals surface area (Å²) in [6.07, 6.45) is 0. The fourth-order valence-corrected chi connectivity index (χ4v) is 1.83. The lowest BCUT2D eigenvalue weighted by atomic mass is 10.1. The third-order valence-corrected chi connectivity index (χ3v) is 2.93. The molecule has 1 amide bonds. The molecule has 0 aliphatic rings. The second kappa shape index (κ2) is 6.08. The minimum absolute atomic E-state index is 0.203. The number of rotatable bonds is 4. The van der Waals surface area contributed by atoms with Gasteiger partial charge in [0.25, 0.3) is 5.91 Å². The number of phenols is 2. The summed E-state index contributed by atoms with van der Waals surface area (Å²) in [5.74, 6) is -1.09. The maximum atomic E-state index is 12.0. The zero-order valence-corrected chi connectivity index (χ0v) is 10.7. The molecule has 5 nitrogen and oxygen atoms in total. The molecule has 0 fully saturated rings. The van der Waals surface area contributed by atoms with Gasteiger partial charge >= 0.3 is 0 Å². The lowest BCUT2D eigenvalue weighted by Crippen LogP contribution is -2.30. The zero-order valence-electron chi connectivity index (χ0n) is 10.7. The lowest BCUT2D eigenvalue weighted by Gasteiger charge is -2.16. The lowest BCUT2D eigenvalue weighted by molar-refractivity contribution is 0.0916. The number of aliphatic hydroxyl groups is 1. The van der Waals surface area contributed by atoms with E-state index < -0.39 is 11.9 Å². The van der Waals surface area contributed by atoms with Crippen LogP contribution in [0.15, 0.2) is 48.5 Å². The molecule has 0 spiro atoms. The van der Waals surface area contributed by atoms with Gasteiger partial charge < -0.3 is 20.6 Å². The number of aliphatic hydroxyl groups excluding tert-OH is 1. The van der Waals surface area contributed by atoms with E-state index in [1.807, 2.05) is 18.2 Å². The predicted molar refractivity (Wildman–Crippen MR) is 73.5 cm³/mol. The molecule has 2 aromatic carbocycles. The molecule has 0 saturated heterocycles. The first kappa shape index (κ1) is 13.9. The van der Waals surface area contributed by atoms with E-state index in [-0.39, 0.29) is 23.7 Å². The SMILES string of the molecule is O=C(N[C@@H](CO)c1ccccc1)c1ccc(O)c(O)c1. The first-order valence-electron chi connectivity index (χ1n) is 6.10. The van der Waals surface area contributed by atoms with Gasteiger partial charge in [0.15, 0.2) is 11.5 Å². The highest BCUT2D eigenvalue weighted by molar-refractivity contribution is 5.95. The Hall–Kier alpha value is -2.53. The molecule has 20 heavy (non-hydrogen) atoms. The van der Waals surface area contributed by atoms with Gasteiger partial charge in [-0.2, -0.15) is 0 Å². The fraction of sp³-hybridized carbons (Fsp3) is 0.133. The Labute approximate surface area is 116 Å². The van der Waals surface area contributed by atoms with E-state index in [1.54, 1.807) is 12.1 Å². The Balaban J connectivity index is 2.15. The maximum absolute atomic E-state index is 12.0. The van der Waals surface area contributed by atoms with Gasteiger partial charge in [-0.05, 0) is 23.8 Å². The van der Waals surface area contributed by atoms with Gasteiger partial charge in [-0.25, -0.2) is 0 Å². The quantitative estimate of drug-likeness (QED) is 0.636. The van der Waals surface area contributed by atoms with E-state index in [0.717, 1.165) is 5.56 Å². The summed E-state index contributed by atoms with van der Waals surface area (Å²) >= 11 is 0. The molecule has 0 radical (unpaired) electrons. The highest BCUT2D eigenvalue weighted by Crippen LogP contribution is 2.25. The summed E-state index contributed by atoms with van der Waals surface area (Å²) in [5.41, 5.74) is 0.987. The molecule has 0 aromatic heterocycles. The zero-order chi connectivity index (χ0) is 14.5. The van der Waals surface area contributed by atoms with E-state index in [0.29, 0.717) is 0 Å². The van der Waals surface area contributed by atoms with Crippen LogP contribution in [0.5, 0.6) is 11.5 Å². The van der Waals surface area contributed by atoms with E-state index in [1.165, 1.54) is 18.2 Å². The van der Waals surface area contributed by atoms with Crippen molar-refractivity contribution < 1.29 is 20.1 Å². The van der Waals surface area contributed by atoms with Crippen LogP contribution in [0.3, 0.4) is 0 Å². The van der Waals surface area contributed by atoms with Crippen molar-refractivity contribution in [3.63, 3.8) is 0 Å². The van der Waals surface area contributed by atoms with Gasteiger partial charge in [-0.1, -0.05) is 30.3 Å². The molecule has 0 saturated carbocycles. The second-order valence-electron chi connectivity index (χ2n) is 4.32. The van der Waals surface area contributed by atoms with E-state index in [2.05, 4.69) is 5.32 Å². The van der Waals surface area contributed by atoms with Crippen LogP contribution in [0.25, 0.3) is 0 Å². The number of carbonyl (C=O) groups is 1. The number of nitrogens with one attached hydrogen (secondary N) is 1. The van der Waals surface area contributed by atoms with Crippen molar-refractivity contribution in [1.29, 1.82) is 0 Å². The third kappa shape index (κ3) is 3.07. The molecule has 0 unspecified atom stereocenters. The smallest absolute Gasteiger partial charge is 0.251 e. The number of hydrogen-bond donors (Lipinski definition) is 4. The van der Waals surface area contributed by atoms with Crippen LogP contribution in [-0.2, 0) is 0 Å². The fourth-order valence-electron chi connectivity index (χ4n) is 1.83. The van der Waals surface area contributed by atoms with Gasteiger partial charge in [0.05, 0.1) is 12.6 Å². The molecular weight excluding hydrogens is 258 g/mol. The van der Waals surface area contributed by atoms with Crippen molar-refractivity contribution in [2.45, 2.75) is 6.04 Å². The topological polar surface area (TPSA) is 89.8 Å². The molecule has 2 aromatic rings. The molecular formula is C15H15NO4. The van der Waals surface area contributed by atoms with Crippen molar-refractivity contribution in [2.75, 3.05) is 6.61 Å². The summed E-state index contributed by atoms with van der Waals surface area (Å²) < 4.78 is 0. The molecule has 0 bridgehead atoms. The Morgan fingerprint density at radius 1 is 1.05 bits per heavy atom. The first-order chi connectivity index (χ1) is 9.61. The molecule has 0 aliphatic carbocycles. The number of aromatic hydroxyl groups is 2. The molecule has 5 heteroatoms. The first-order valence-corrected chi connectivity index (χ1v) is 6.10. The van der Waals surface area contributed by atoms with Crippen molar-refractivity contribution >= 4 is 5.91 Å². The van der Waals surface area contributed by atoms with Crippen molar-refractivity contribution in [3.05, 3.63) is 59.7 Å². The Morgan fingerprint density at radius 3 is 2.35 bits per heavy atom. The average molecular weight is 273 g/mol. The second-order valence-corrected chi connectivity index (χ2v) is 4.32. The number of benzene rings is 2. The van der Waals surface area contributed by atoms with Crippen LogP contribution in [0.2, 0.25) is 0 Å². The van der Waals surface area contributed by atoms with Crippen LogP contribution in [-0.4, -0.2) is 27.8 Å². The number of carbonyl (C=O) groups excluding carboxylic acids is 1. The van der Waals surface area contributed by atoms with Crippen LogP contribution in [0, 0.1) is 0 Å². The van der Waals surface area contributed by atoms with Gasteiger partial charge in [-0.15, -0.1) is 0 Å².